The first-order valence-corrected chi connectivity index (χ1v) is 3.98. The summed E-state index contributed by atoms with van der Waals surface area (Å²) < 4.78 is 5.25. The van der Waals surface area contributed by atoms with E-state index in [-0.39, 0.29) is 6.10 Å². The first-order valence-electron chi connectivity index (χ1n) is 3.98. The fraction of sp³-hybridized carbons (Fsp3) is 0.875. The van der Waals surface area contributed by atoms with Crippen molar-refractivity contribution in [2.24, 2.45) is 5.41 Å². The van der Waals surface area contributed by atoms with E-state index in [1.807, 2.05) is 13.8 Å². The molecule has 1 aliphatic carbocycles. The number of hydrogen-bond acceptors (Lipinski definition) is 2. The maximum atomic E-state index is 10.7. The van der Waals surface area contributed by atoms with Gasteiger partial charge in [0.05, 0.1) is 11.5 Å². The average Bonchev–Trinajstić information content (AvgIpc) is 2.66. The van der Waals surface area contributed by atoms with Gasteiger partial charge in [0.2, 0.25) is 0 Å². The van der Waals surface area contributed by atoms with Crippen LogP contribution in [0.25, 0.3) is 0 Å². The van der Waals surface area contributed by atoms with E-state index in [0.29, 0.717) is 6.61 Å². The number of carbonyl (C=O) groups is 1. The lowest BCUT2D eigenvalue weighted by atomic mass is 10.0. The smallest absolute Gasteiger partial charge is 0.312 e. The molecule has 1 fully saturated rings. The van der Waals surface area contributed by atoms with Crippen LogP contribution in [0.3, 0.4) is 0 Å². The molecule has 1 N–H and O–H groups in total. The van der Waals surface area contributed by atoms with Crippen molar-refractivity contribution in [1.29, 1.82) is 0 Å². The Morgan fingerprint density at radius 1 is 1.73 bits per heavy atom. The molecule has 0 aromatic heterocycles. The molecule has 0 saturated heterocycles. The largest absolute Gasteiger partial charge is 0.481 e. The van der Waals surface area contributed by atoms with Gasteiger partial charge in [-0.15, -0.1) is 0 Å². The van der Waals surface area contributed by atoms with E-state index in [1.165, 1.54) is 0 Å². The Hall–Kier alpha value is -0.570. The predicted octanol–water partition coefficient (Wildman–Crippen LogP) is 1.28. The van der Waals surface area contributed by atoms with Gasteiger partial charge >= 0.3 is 5.97 Å². The summed E-state index contributed by atoms with van der Waals surface area (Å²) in [5, 5.41) is 8.82. The lowest BCUT2D eigenvalue weighted by molar-refractivity contribution is -0.149. The summed E-state index contributed by atoms with van der Waals surface area (Å²) >= 11 is 0. The monoisotopic (exact) mass is 158 g/mol. The lowest BCUT2D eigenvalue weighted by Crippen LogP contribution is -2.29. The SMILES string of the molecule is CCOC(C)C1(C(=O)O)CC1. The second kappa shape index (κ2) is 2.81. The summed E-state index contributed by atoms with van der Waals surface area (Å²) in [5.41, 5.74) is -0.546. The van der Waals surface area contributed by atoms with Crippen molar-refractivity contribution >= 4 is 5.97 Å². The minimum absolute atomic E-state index is 0.134. The van der Waals surface area contributed by atoms with Crippen LogP contribution in [0, 0.1) is 5.41 Å². The van der Waals surface area contributed by atoms with Crippen LogP contribution in [-0.4, -0.2) is 23.8 Å². The fourth-order valence-corrected chi connectivity index (χ4v) is 1.34. The van der Waals surface area contributed by atoms with Gasteiger partial charge in [0.1, 0.15) is 0 Å². The van der Waals surface area contributed by atoms with Gasteiger partial charge in [-0.25, -0.2) is 0 Å². The minimum atomic E-state index is -0.710. The molecule has 1 unspecified atom stereocenters. The Morgan fingerprint density at radius 3 is 2.55 bits per heavy atom. The Balaban J connectivity index is 2.51. The van der Waals surface area contributed by atoms with Crippen molar-refractivity contribution in [3.63, 3.8) is 0 Å². The van der Waals surface area contributed by atoms with Crippen LogP contribution < -0.4 is 0 Å². The van der Waals surface area contributed by atoms with E-state index in [9.17, 15) is 4.79 Å². The molecule has 1 saturated carbocycles. The molecular weight excluding hydrogens is 144 g/mol. The van der Waals surface area contributed by atoms with Crippen LogP contribution in [-0.2, 0) is 9.53 Å². The maximum Gasteiger partial charge on any atom is 0.312 e. The average molecular weight is 158 g/mol. The summed E-state index contributed by atoms with van der Waals surface area (Å²) in [6, 6.07) is 0. The van der Waals surface area contributed by atoms with Crippen molar-refractivity contribution in [3.8, 4) is 0 Å². The Kier molecular flexibility index (Phi) is 2.18. The van der Waals surface area contributed by atoms with Gasteiger partial charge in [0, 0.05) is 6.61 Å². The molecular formula is C8H14O3. The molecule has 0 aliphatic heterocycles. The first-order chi connectivity index (χ1) is 5.13. The zero-order valence-corrected chi connectivity index (χ0v) is 6.96. The molecule has 1 rings (SSSR count). The third-order valence-corrected chi connectivity index (χ3v) is 2.41. The third-order valence-electron chi connectivity index (χ3n) is 2.41. The van der Waals surface area contributed by atoms with E-state index in [1.54, 1.807) is 0 Å². The number of carboxylic acid groups (broad SMARTS) is 1. The molecule has 3 nitrogen and oxygen atoms in total. The van der Waals surface area contributed by atoms with Crippen LogP contribution in [0.2, 0.25) is 0 Å². The second-order valence-corrected chi connectivity index (χ2v) is 3.06. The topological polar surface area (TPSA) is 46.5 Å². The molecule has 1 atom stereocenters. The van der Waals surface area contributed by atoms with E-state index in [4.69, 9.17) is 9.84 Å². The summed E-state index contributed by atoms with van der Waals surface area (Å²) in [6.07, 6.45) is 1.40. The zero-order chi connectivity index (χ0) is 8.48. The maximum absolute atomic E-state index is 10.7. The van der Waals surface area contributed by atoms with Crippen LogP contribution in [0.5, 0.6) is 0 Å². The first kappa shape index (κ1) is 8.53. The van der Waals surface area contributed by atoms with E-state index in [2.05, 4.69) is 0 Å². The van der Waals surface area contributed by atoms with Crippen molar-refractivity contribution < 1.29 is 14.6 Å². The van der Waals surface area contributed by atoms with Crippen molar-refractivity contribution in [2.75, 3.05) is 6.61 Å². The van der Waals surface area contributed by atoms with Gasteiger partial charge in [-0.2, -0.15) is 0 Å². The highest BCUT2D eigenvalue weighted by atomic mass is 16.5. The number of hydrogen-bond donors (Lipinski definition) is 1. The van der Waals surface area contributed by atoms with Crippen LogP contribution in [0.1, 0.15) is 26.7 Å². The molecule has 0 heterocycles. The number of rotatable bonds is 4. The number of carboxylic acids is 1. The van der Waals surface area contributed by atoms with Crippen molar-refractivity contribution in [2.45, 2.75) is 32.8 Å². The van der Waals surface area contributed by atoms with Gasteiger partial charge in [-0.3, -0.25) is 4.79 Å². The zero-order valence-electron chi connectivity index (χ0n) is 6.96. The minimum Gasteiger partial charge on any atom is -0.481 e. The Morgan fingerprint density at radius 2 is 2.27 bits per heavy atom. The molecule has 0 bridgehead atoms. The molecule has 0 aromatic carbocycles. The molecule has 64 valence electrons. The Labute approximate surface area is 66.4 Å². The highest BCUT2D eigenvalue weighted by Gasteiger charge is 2.55. The quantitative estimate of drug-likeness (QED) is 0.670. The standard InChI is InChI=1S/C8H14O3/c1-3-11-6(2)8(4-5-8)7(9)10/h6H,3-5H2,1-2H3,(H,9,10). The van der Waals surface area contributed by atoms with Gasteiger partial charge in [0.15, 0.2) is 0 Å². The fourth-order valence-electron chi connectivity index (χ4n) is 1.34. The molecule has 0 amide bonds. The lowest BCUT2D eigenvalue weighted by Gasteiger charge is -2.18. The van der Waals surface area contributed by atoms with Crippen LogP contribution in [0.4, 0.5) is 0 Å². The summed E-state index contributed by atoms with van der Waals surface area (Å²) in [6.45, 7) is 4.31. The van der Waals surface area contributed by atoms with Crippen LogP contribution in [0.15, 0.2) is 0 Å². The molecule has 1 aliphatic rings. The van der Waals surface area contributed by atoms with Gasteiger partial charge in [0.25, 0.3) is 0 Å². The highest BCUT2D eigenvalue weighted by molar-refractivity contribution is 5.78. The molecule has 0 aromatic rings. The normalized spacial score (nSPS) is 22.7. The highest BCUT2D eigenvalue weighted by Crippen LogP contribution is 2.49. The molecule has 11 heavy (non-hydrogen) atoms. The summed E-state index contributed by atoms with van der Waals surface area (Å²) in [5.74, 6) is -0.710. The predicted molar refractivity (Wildman–Crippen MR) is 40.4 cm³/mol. The molecule has 0 radical (unpaired) electrons. The Bertz CT molecular complexity index is 161. The third kappa shape index (κ3) is 1.38. The summed E-state index contributed by atoms with van der Waals surface area (Å²) in [7, 11) is 0. The van der Waals surface area contributed by atoms with Gasteiger partial charge in [-0.05, 0) is 26.7 Å². The van der Waals surface area contributed by atoms with Crippen LogP contribution >= 0.6 is 0 Å². The van der Waals surface area contributed by atoms with E-state index < -0.39 is 11.4 Å². The van der Waals surface area contributed by atoms with Crippen molar-refractivity contribution in [1.82, 2.24) is 0 Å². The summed E-state index contributed by atoms with van der Waals surface area (Å²) in [4.78, 5) is 10.7. The molecule has 3 heteroatoms. The number of aliphatic carboxylic acids is 1. The second-order valence-electron chi connectivity index (χ2n) is 3.06. The van der Waals surface area contributed by atoms with E-state index in [0.717, 1.165) is 12.8 Å². The van der Waals surface area contributed by atoms with Crippen molar-refractivity contribution in [3.05, 3.63) is 0 Å². The molecule has 0 spiro atoms. The van der Waals surface area contributed by atoms with E-state index >= 15 is 0 Å². The van der Waals surface area contributed by atoms with Gasteiger partial charge < -0.3 is 9.84 Å². The van der Waals surface area contributed by atoms with Gasteiger partial charge in [-0.1, -0.05) is 0 Å². The number of ether oxygens (including phenoxy) is 1.